The lowest BCUT2D eigenvalue weighted by Gasteiger charge is -2.29. The highest BCUT2D eigenvalue weighted by Gasteiger charge is 2.36. The van der Waals surface area contributed by atoms with Crippen LogP contribution in [0.5, 0.6) is 5.75 Å². The minimum atomic E-state index is -0.611. The third-order valence-corrected chi connectivity index (χ3v) is 6.73. The molecule has 0 radical (unpaired) electrons. The van der Waals surface area contributed by atoms with Crippen molar-refractivity contribution in [1.29, 1.82) is 0 Å². The summed E-state index contributed by atoms with van der Waals surface area (Å²) in [5, 5.41) is 4.09. The molecule has 11 heteroatoms. The van der Waals surface area contributed by atoms with Gasteiger partial charge in [-0.15, -0.1) is 0 Å². The monoisotopic (exact) mass is 433 g/mol. The summed E-state index contributed by atoms with van der Waals surface area (Å²) in [6.07, 6.45) is 1.14. The molecule has 5 heterocycles. The number of halogens is 1. The molecule has 2 aliphatic rings. The van der Waals surface area contributed by atoms with E-state index in [4.69, 9.17) is 15.3 Å². The van der Waals surface area contributed by atoms with Crippen molar-refractivity contribution in [2.24, 2.45) is 16.8 Å². The Balaban J connectivity index is 1.82. The van der Waals surface area contributed by atoms with Gasteiger partial charge in [0.1, 0.15) is 18.2 Å². The molecular weight excluding hydrogens is 413 g/mol. The van der Waals surface area contributed by atoms with Crippen molar-refractivity contribution < 1.29 is 14.0 Å². The number of anilines is 1. The first kappa shape index (κ1) is 19.1. The van der Waals surface area contributed by atoms with Crippen LogP contribution in [-0.2, 0) is 4.84 Å². The zero-order chi connectivity index (χ0) is 21.2. The molecule has 5 rings (SSSR count). The van der Waals surface area contributed by atoms with E-state index in [9.17, 15) is 9.59 Å². The summed E-state index contributed by atoms with van der Waals surface area (Å²) in [6.45, 7) is 3.42. The van der Waals surface area contributed by atoms with Gasteiger partial charge < -0.3 is 20.2 Å². The van der Waals surface area contributed by atoms with Crippen LogP contribution in [-0.4, -0.2) is 47.8 Å². The molecule has 2 atom stereocenters. The van der Waals surface area contributed by atoms with Crippen molar-refractivity contribution >= 4 is 38.5 Å². The number of oxime groups is 1. The lowest BCUT2D eigenvalue weighted by atomic mass is 9.97. The van der Waals surface area contributed by atoms with Gasteiger partial charge in [0, 0.05) is 30.5 Å². The number of rotatable bonds is 3. The Morgan fingerprint density at radius 2 is 2.27 bits per heavy atom. The van der Waals surface area contributed by atoms with Gasteiger partial charge in [0.05, 0.1) is 35.3 Å². The molecule has 0 bridgehead atoms. The zero-order valence-corrected chi connectivity index (χ0v) is 17.2. The molecule has 1 saturated heterocycles. The summed E-state index contributed by atoms with van der Waals surface area (Å²) in [4.78, 5) is 32.0. The predicted octanol–water partition coefficient (Wildman–Crippen LogP) is 1.23. The molecule has 1 fully saturated rings. The smallest absolute Gasteiger partial charge is 0.271 e. The average molecular weight is 433 g/mol. The predicted molar refractivity (Wildman–Crippen MR) is 113 cm³/mol. The number of nitrogens with one attached hydrogen (secondary N) is 1. The van der Waals surface area contributed by atoms with E-state index in [1.54, 1.807) is 0 Å². The summed E-state index contributed by atoms with van der Waals surface area (Å²) in [5.74, 6) is -0.450. The van der Waals surface area contributed by atoms with E-state index in [2.05, 4.69) is 9.53 Å². The van der Waals surface area contributed by atoms with Crippen LogP contribution in [0, 0.1) is 11.7 Å². The van der Waals surface area contributed by atoms with E-state index in [1.807, 2.05) is 11.8 Å². The highest BCUT2D eigenvalue weighted by molar-refractivity contribution is 7.13. The quantitative estimate of drug-likeness (QED) is 0.601. The summed E-state index contributed by atoms with van der Waals surface area (Å²) in [7, 11) is 1.46. The summed E-state index contributed by atoms with van der Waals surface area (Å²) < 4.78 is 25.8. The standard InChI is InChI=1S/C19H20FN5O4S/c1-8-7-29-16-14(24-4-9(3-21)11(6-24)22-28-2)10(20)5-25-15(16)12(8)17-13(19(25)27)18(26)23-30-17/h5,8-9H,3-4,6-7,21H2,1-2H3,(H,23,26)/b22-11-. The lowest BCUT2D eigenvalue weighted by molar-refractivity contribution is 0.211. The summed E-state index contributed by atoms with van der Waals surface area (Å²) in [6, 6.07) is 0. The molecule has 2 unspecified atom stereocenters. The number of aromatic nitrogens is 2. The number of hydrogen-bond donors (Lipinski definition) is 2. The SMILES string of the molecule is CO/N=C1/CN(c2c(F)cn3c(=O)c4c(=O)[nH]sc4c4c3c2OCC4C)CC1CN. The van der Waals surface area contributed by atoms with Crippen LogP contribution < -0.4 is 26.5 Å². The average Bonchev–Trinajstić information content (AvgIpc) is 3.30. The van der Waals surface area contributed by atoms with Crippen LogP contribution in [0.3, 0.4) is 0 Å². The van der Waals surface area contributed by atoms with Crippen LogP contribution >= 0.6 is 11.5 Å². The van der Waals surface area contributed by atoms with Crippen molar-refractivity contribution in [3.8, 4) is 5.75 Å². The van der Waals surface area contributed by atoms with E-state index in [-0.39, 0.29) is 22.9 Å². The second kappa shape index (κ2) is 6.81. The molecule has 158 valence electrons. The number of nitrogens with two attached hydrogens (primary N) is 1. The largest absolute Gasteiger partial charge is 0.488 e. The van der Waals surface area contributed by atoms with Gasteiger partial charge in [0.15, 0.2) is 11.6 Å². The number of hydrogen-bond acceptors (Lipinski definition) is 8. The van der Waals surface area contributed by atoms with Crippen LogP contribution in [0.4, 0.5) is 10.1 Å². The van der Waals surface area contributed by atoms with Gasteiger partial charge in [0.25, 0.3) is 11.1 Å². The van der Waals surface area contributed by atoms with Gasteiger partial charge in [-0.25, -0.2) is 4.39 Å². The fourth-order valence-corrected chi connectivity index (χ4v) is 5.42. The highest BCUT2D eigenvalue weighted by atomic mass is 32.1. The van der Waals surface area contributed by atoms with Crippen LogP contribution in [0.2, 0.25) is 0 Å². The Bertz CT molecular complexity index is 1330. The molecule has 3 aromatic rings. The van der Waals surface area contributed by atoms with E-state index >= 15 is 4.39 Å². The molecule has 0 saturated carbocycles. The van der Waals surface area contributed by atoms with E-state index in [0.29, 0.717) is 42.2 Å². The Morgan fingerprint density at radius 3 is 3.00 bits per heavy atom. The van der Waals surface area contributed by atoms with E-state index in [1.165, 1.54) is 11.5 Å². The Labute approximate surface area is 173 Å². The van der Waals surface area contributed by atoms with Gasteiger partial charge >= 0.3 is 0 Å². The first-order valence-corrected chi connectivity index (χ1v) is 10.4. The Kier molecular flexibility index (Phi) is 4.33. The summed E-state index contributed by atoms with van der Waals surface area (Å²) >= 11 is 1.13. The highest BCUT2D eigenvalue weighted by Crippen LogP contribution is 2.45. The number of nitrogens with zero attached hydrogens (tertiary/aromatic N) is 3. The Hall–Kier alpha value is -2.92. The second-order valence-corrected chi connectivity index (χ2v) is 8.44. The summed E-state index contributed by atoms with van der Waals surface area (Å²) in [5.41, 5.74) is 7.16. The Morgan fingerprint density at radius 1 is 1.47 bits per heavy atom. The number of H-pyrrole nitrogens is 1. The molecule has 0 aliphatic carbocycles. The number of ether oxygens (including phenoxy) is 1. The van der Waals surface area contributed by atoms with E-state index < -0.39 is 16.9 Å². The van der Waals surface area contributed by atoms with E-state index in [0.717, 1.165) is 29.0 Å². The molecular formula is C19H20FN5O4S. The first-order chi connectivity index (χ1) is 14.5. The van der Waals surface area contributed by atoms with Crippen LogP contribution in [0.15, 0.2) is 20.9 Å². The van der Waals surface area contributed by atoms with Gasteiger partial charge in [-0.05, 0) is 0 Å². The topological polar surface area (TPSA) is 114 Å². The third kappa shape index (κ3) is 2.51. The van der Waals surface area contributed by atoms with Gasteiger partial charge in [-0.2, -0.15) is 0 Å². The fraction of sp³-hybridized carbons (Fsp3) is 0.421. The maximum absolute atomic E-state index is 15.4. The molecule has 0 amide bonds. The molecule has 0 spiro atoms. The molecule has 30 heavy (non-hydrogen) atoms. The molecule has 3 aromatic heterocycles. The second-order valence-electron chi connectivity index (χ2n) is 7.62. The minimum absolute atomic E-state index is 0.0539. The number of fused-ring (bicyclic) bond motifs is 2. The molecule has 9 nitrogen and oxygen atoms in total. The number of aromatic amines is 1. The number of pyridine rings is 2. The van der Waals surface area contributed by atoms with Crippen LogP contribution in [0.25, 0.3) is 15.6 Å². The van der Waals surface area contributed by atoms with Crippen molar-refractivity contribution in [1.82, 2.24) is 8.77 Å². The van der Waals surface area contributed by atoms with Crippen molar-refractivity contribution in [3.63, 3.8) is 0 Å². The van der Waals surface area contributed by atoms with Crippen molar-refractivity contribution in [2.45, 2.75) is 12.8 Å². The first-order valence-electron chi connectivity index (χ1n) is 9.55. The molecule has 3 N–H and O–H groups in total. The zero-order valence-electron chi connectivity index (χ0n) is 16.4. The molecule has 0 aromatic carbocycles. The van der Waals surface area contributed by atoms with Crippen molar-refractivity contribution in [2.75, 3.05) is 38.3 Å². The lowest BCUT2D eigenvalue weighted by Crippen LogP contribution is -2.29. The van der Waals surface area contributed by atoms with Gasteiger partial charge in [-0.1, -0.05) is 23.6 Å². The normalized spacial score (nSPS) is 22.3. The maximum atomic E-state index is 15.4. The van der Waals surface area contributed by atoms with Gasteiger partial charge in [-0.3, -0.25) is 18.4 Å². The third-order valence-electron chi connectivity index (χ3n) is 5.82. The maximum Gasteiger partial charge on any atom is 0.271 e. The van der Waals surface area contributed by atoms with Gasteiger partial charge in [0.2, 0.25) is 0 Å². The van der Waals surface area contributed by atoms with Crippen LogP contribution in [0.1, 0.15) is 18.4 Å². The van der Waals surface area contributed by atoms with Crippen molar-refractivity contribution in [3.05, 3.63) is 38.3 Å². The molecule has 2 aliphatic heterocycles. The minimum Gasteiger partial charge on any atom is -0.488 e. The fourth-order valence-electron chi connectivity index (χ4n) is 4.44.